The Morgan fingerprint density at radius 1 is 0.952 bits per heavy atom. The highest BCUT2D eigenvalue weighted by Crippen LogP contribution is 2.27. The van der Waals surface area contributed by atoms with Crippen LogP contribution in [0, 0.1) is 5.92 Å². The minimum absolute atomic E-state index is 0.325. The lowest BCUT2D eigenvalue weighted by molar-refractivity contribution is -0.135. The Morgan fingerprint density at radius 3 is 2.48 bits per heavy atom. The minimum Gasteiger partial charge on any atom is -0.341 e. The van der Waals surface area contributed by atoms with Crippen LogP contribution in [0.15, 0.2) is 30.3 Å². The van der Waals surface area contributed by atoms with Crippen LogP contribution in [0.3, 0.4) is 0 Å². The quantitative estimate of drug-likeness (QED) is 0.853. The summed E-state index contributed by atoms with van der Waals surface area (Å²) < 4.78 is 0. The van der Waals surface area contributed by atoms with Crippen molar-refractivity contribution in [1.29, 1.82) is 0 Å². The molecule has 1 aromatic rings. The summed E-state index contributed by atoms with van der Waals surface area (Å²) in [4.78, 5) is 17.1. The fourth-order valence-corrected chi connectivity index (χ4v) is 3.62. The van der Waals surface area contributed by atoms with E-state index >= 15 is 0 Å². The lowest BCUT2D eigenvalue weighted by Crippen LogP contribution is -2.38. The lowest BCUT2D eigenvalue weighted by atomic mass is 10.1. The zero-order valence-electron chi connectivity index (χ0n) is 12.8. The van der Waals surface area contributed by atoms with Crippen LogP contribution in [0.5, 0.6) is 0 Å². The number of amides is 1. The van der Waals surface area contributed by atoms with Crippen molar-refractivity contribution in [3.8, 4) is 0 Å². The van der Waals surface area contributed by atoms with Gasteiger partial charge in [0.1, 0.15) is 0 Å². The molecule has 3 heteroatoms. The average Bonchev–Trinajstić information content (AvgIpc) is 2.95. The predicted molar refractivity (Wildman–Crippen MR) is 84.9 cm³/mol. The van der Waals surface area contributed by atoms with Crippen LogP contribution in [0.4, 0.5) is 0 Å². The number of hydrogen-bond acceptors (Lipinski definition) is 2. The smallest absolute Gasteiger partial charge is 0.225 e. The molecular formula is C18H26N2O. The maximum Gasteiger partial charge on any atom is 0.225 e. The molecule has 3 nitrogen and oxygen atoms in total. The van der Waals surface area contributed by atoms with E-state index in [0.29, 0.717) is 11.8 Å². The van der Waals surface area contributed by atoms with E-state index in [0.717, 1.165) is 52.0 Å². The van der Waals surface area contributed by atoms with Crippen LogP contribution in [0.25, 0.3) is 0 Å². The summed E-state index contributed by atoms with van der Waals surface area (Å²) in [6, 6.07) is 10.6. The molecule has 1 aromatic carbocycles. The molecule has 21 heavy (non-hydrogen) atoms. The van der Waals surface area contributed by atoms with Crippen molar-refractivity contribution in [1.82, 2.24) is 9.80 Å². The number of nitrogens with zero attached hydrogens (tertiary/aromatic N) is 2. The van der Waals surface area contributed by atoms with Crippen molar-refractivity contribution >= 4 is 5.91 Å². The maximum atomic E-state index is 12.5. The molecule has 0 radical (unpaired) electrons. The second kappa shape index (κ2) is 7.08. The van der Waals surface area contributed by atoms with Gasteiger partial charge in [-0.3, -0.25) is 9.69 Å². The third-order valence-electron chi connectivity index (χ3n) is 4.85. The Hall–Kier alpha value is -1.35. The Morgan fingerprint density at radius 2 is 1.71 bits per heavy atom. The highest BCUT2D eigenvalue weighted by Gasteiger charge is 2.28. The molecule has 0 spiro atoms. The van der Waals surface area contributed by atoms with E-state index < -0.39 is 0 Å². The van der Waals surface area contributed by atoms with E-state index in [2.05, 4.69) is 40.1 Å². The molecule has 0 N–H and O–H groups in total. The third-order valence-corrected chi connectivity index (χ3v) is 4.85. The Kier molecular flexibility index (Phi) is 4.91. The molecule has 0 atom stereocenters. The fraction of sp³-hybridized carbons (Fsp3) is 0.611. The number of hydrogen-bond donors (Lipinski definition) is 0. The van der Waals surface area contributed by atoms with Crippen LogP contribution in [-0.4, -0.2) is 41.9 Å². The molecule has 0 bridgehead atoms. The Bertz CT molecular complexity index is 454. The molecule has 1 aliphatic carbocycles. The lowest BCUT2D eigenvalue weighted by Gasteiger charge is -2.24. The van der Waals surface area contributed by atoms with Crippen molar-refractivity contribution in [2.45, 2.75) is 38.6 Å². The van der Waals surface area contributed by atoms with E-state index in [1.807, 2.05) is 0 Å². The number of carbonyl (C=O) groups excluding carboxylic acids is 1. The zero-order chi connectivity index (χ0) is 14.5. The van der Waals surface area contributed by atoms with Gasteiger partial charge in [-0.1, -0.05) is 43.2 Å². The second-order valence-electron chi connectivity index (χ2n) is 6.42. The van der Waals surface area contributed by atoms with Gasteiger partial charge in [-0.05, 0) is 24.8 Å². The summed E-state index contributed by atoms with van der Waals surface area (Å²) in [5.74, 6) is 0.750. The SMILES string of the molecule is O=C(C1CCCC1)N1CCCN(Cc2ccccc2)CC1. The van der Waals surface area contributed by atoms with E-state index in [9.17, 15) is 4.79 Å². The normalized spacial score (nSPS) is 21.4. The van der Waals surface area contributed by atoms with Crippen molar-refractivity contribution < 1.29 is 4.79 Å². The summed E-state index contributed by atoms with van der Waals surface area (Å²) in [6.07, 6.45) is 5.81. The van der Waals surface area contributed by atoms with Crippen molar-refractivity contribution in [2.75, 3.05) is 26.2 Å². The molecular weight excluding hydrogens is 260 g/mol. The molecule has 114 valence electrons. The molecule has 0 aromatic heterocycles. The number of rotatable bonds is 3. The Labute approximate surface area is 127 Å². The van der Waals surface area contributed by atoms with Crippen molar-refractivity contribution in [3.63, 3.8) is 0 Å². The largest absolute Gasteiger partial charge is 0.341 e. The van der Waals surface area contributed by atoms with Crippen LogP contribution in [-0.2, 0) is 11.3 Å². The summed E-state index contributed by atoms with van der Waals surface area (Å²) in [7, 11) is 0. The molecule has 1 saturated carbocycles. The van der Waals surface area contributed by atoms with E-state index in [-0.39, 0.29) is 0 Å². The van der Waals surface area contributed by atoms with Crippen molar-refractivity contribution in [3.05, 3.63) is 35.9 Å². The molecule has 3 rings (SSSR count). The zero-order valence-corrected chi connectivity index (χ0v) is 12.8. The molecule has 1 amide bonds. The van der Waals surface area contributed by atoms with Crippen LogP contribution in [0.1, 0.15) is 37.7 Å². The van der Waals surface area contributed by atoms with E-state index in [1.165, 1.54) is 18.4 Å². The minimum atomic E-state index is 0.325. The summed E-state index contributed by atoms with van der Waals surface area (Å²) in [6.45, 7) is 4.96. The van der Waals surface area contributed by atoms with Gasteiger partial charge >= 0.3 is 0 Å². The predicted octanol–water partition coefficient (Wildman–Crippen LogP) is 2.91. The molecule has 0 unspecified atom stereocenters. The fourth-order valence-electron chi connectivity index (χ4n) is 3.62. The maximum absolute atomic E-state index is 12.5. The van der Waals surface area contributed by atoms with Crippen LogP contribution in [0.2, 0.25) is 0 Å². The van der Waals surface area contributed by atoms with Gasteiger partial charge in [0.25, 0.3) is 0 Å². The van der Waals surface area contributed by atoms with E-state index in [1.54, 1.807) is 0 Å². The van der Waals surface area contributed by atoms with Gasteiger partial charge in [0.05, 0.1) is 0 Å². The molecule has 1 heterocycles. The van der Waals surface area contributed by atoms with Gasteiger partial charge in [-0.15, -0.1) is 0 Å². The summed E-state index contributed by atoms with van der Waals surface area (Å²) >= 11 is 0. The standard InChI is InChI=1S/C18H26N2O/c21-18(17-9-4-5-10-17)20-12-6-11-19(13-14-20)15-16-7-2-1-3-8-16/h1-3,7-8,17H,4-6,9-15H2. The number of carbonyl (C=O) groups is 1. The first-order valence-corrected chi connectivity index (χ1v) is 8.38. The second-order valence-corrected chi connectivity index (χ2v) is 6.42. The monoisotopic (exact) mass is 286 g/mol. The van der Waals surface area contributed by atoms with Crippen LogP contribution < -0.4 is 0 Å². The van der Waals surface area contributed by atoms with Crippen molar-refractivity contribution in [2.24, 2.45) is 5.92 Å². The Balaban J connectivity index is 1.53. The average molecular weight is 286 g/mol. The number of benzene rings is 1. The van der Waals surface area contributed by atoms with Gasteiger partial charge in [0, 0.05) is 38.6 Å². The van der Waals surface area contributed by atoms with Gasteiger partial charge < -0.3 is 4.90 Å². The highest BCUT2D eigenvalue weighted by molar-refractivity contribution is 5.79. The topological polar surface area (TPSA) is 23.6 Å². The molecule has 2 fully saturated rings. The van der Waals surface area contributed by atoms with Gasteiger partial charge in [0.2, 0.25) is 5.91 Å². The van der Waals surface area contributed by atoms with Crippen LogP contribution >= 0.6 is 0 Å². The molecule has 2 aliphatic rings. The highest BCUT2D eigenvalue weighted by atomic mass is 16.2. The third kappa shape index (κ3) is 3.85. The van der Waals surface area contributed by atoms with Gasteiger partial charge in [0.15, 0.2) is 0 Å². The summed E-state index contributed by atoms with van der Waals surface area (Å²) in [5.41, 5.74) is 1.37. The first-order chi connectivity index (χ1) is 10.3. The summed E-state index contributed by atoms with van der Waals surface area (Å²) in [5, 5.41) is 0. The van der Waals surface area contributed by atoms with Gasteiger partial charge in [-0.25, -0.2) is 0 Å². The first-order valence-electron chi connectivity index (χ1n) is 8.38. The van der Waals surface area contributed by atoms with Gasteiger partial charge in [-0.2, -0.15) is 0 Å². The molecule has 1 aliphatic heterocycles. The first kappa shape index (κ1) is 14.6. The molecule has 1 saturated heterocycles. The van der Waals surface area contributed by atoms with E-state index in [4.69, 9.17) is 0 Å².